The van der Waals surface area contributed by atoms with E-state index < -0.39 is 36.3 Å². The van der Waals surface area contributed by atoms with Crippen LogP contribution in [0.4, 0.5) is 35.1 Å². The maximum absolute atomic E-state index is 13.6. The van der Waals surface area contributed by atoms with Gasteiger partial charge in [-0.25, -0.2) is 0 Å². The fraction of sp³-hybridized carbons (Fsp3) is 0.810. The summed E-state index contributed by atoms with van der Waals surface area (Å²) in [6, 6.07) is 0. The van der Waals surface area contributed by atoms with Gasteiger partial charge in [0.1, 0.15) is 5.92 Å². The molecule has 0 amide bonds. The van der Waals surface area contributed by atoms with E-state index in [0.29, 0.717) is 5.92 Å². The molecule has 2 fully saturated rings. The zero-order chi connectivity index (χ0) is 21.7. The van der Waals surface area contributed by atoms with Crippen LogP contribution in [0.25, 0.3) is 0 Å². The fourth-order valence-corrected chi connectivity index (χ4v) is 4.80. The summed E-state index contributed by atoms with van der Waals surface area (Å²) in [5.74, 6) is -10.4. The van der Waals surface area contributed by atoms with Crippen molar-refractivity contribution < 1.29 is 35.1 Å². The standard InChI is InChI=1S/C21H28F8/c22-18(19(23)24)20(25,26)17(21(27,28)29)9-5-4-6-14-10-12-16(13-11-14)15-7-2-1-3-8-15/h4,6,14-17H,1-3,5,7-13H2/b6-4+. The first-order chi connectivity index (χ1) is 13.5. The van der Waals surface area contributed by atoms with Gasteiger partial charge >= 0.3 is 18.2 Å². The first-order valence-corrected chi connectivity index (χ1v) is 10.4. The van der Waals surface area contributed by atoms with Crippen molar-refractivity contribution in [2.75, 3.05) is 0 Å². The van der Waals surface area contributed by atoms with Crippen LogP contribution in [0, 0.1) is 23.7 Å². The average Bonchev–Trinajstić information content (AvgIpc) is 2.67. The quantitative estimate of drug-likeness (QED) is 0.279. The van der Waals surface area contributed by atoms with Gasteiger partial charge in [0.2, 0.25) is 5.83 Å². The Balaban J connectivity index is 1.85. The summed E-state index contributed by atoms with van der Waals surface area (Å²) < 4.78 is 103. The second-order valence-electron chi connectivity index (χ2n) is 8.37. The maximum atomic E-state index is 13.6. The predicted octanol–water partition coefficient (Wildman–Crippen LogP) is 8.60. The highest BCUT2D eigenvalue weighted by atomic mass is 19.4. The first-order valence-electron chi connectivity index (χ1n) is 10.4. The number of hydrogen-bond donors (Lipinski definition) is 0. The lowest BCUT2D eigenvalue weighted by Gasteiger charge is -2.35. The van der Waals surface area contributed by atoms with Crippen molar-refractivity contribution in [3.8, 4) is 0 Å². The topological polar surface area (TPSA) is 0 Å². The Morgan fingerprint density at radius 1 is 0.793 bits per heavy atom. The Morgan fingerprint density at radius 2 is 1.34 bits per heavy atom. The molecule has 2 aliphatic carbocycles. The van der Waals surface area contributed by atoms with E-state index in [-0.39, 0.29) is 12.3 Å². The lowest BCUT2D eigenvalue weighted by Crippen LogP contribution is -2.40. The molecule has 8 heteroatoms. The van der Waals surface area contributed by atoms with Crippen molar-refractivity contribution in [3.05, 3.63) is 24.1 Å². The molecule has 0 aromatic rings. The monoisotopic (exact) mass is 432 g/mol. The van der Waals surface area contributed by atoms with E-state index in [1.807, 2.05) is 0 Å². The summed E-state index contributed by atoms with van der Waals surface area (Å²) in [5.41, 5.74) is 0. The molecule has 2 aliphatic rings. The summed E-state index contributed by atoms with van der Waals surface area (Å²) in [5, 5.41) is 0. The Morgan fingerprint density at radius 3 is 1.86 bits per heavy atom. The van der Waals surface area contributed by atoms with Crippen LogP contribution in [0.5, 0.6) is 0 Å². The molecule has 0 bridgehead atoms. The van der Waals surface area contributed by atoms with Crippen molar-refractivity contribution in [2.45, 2.75) is 82.7 Å². The molecule has 0 aromatic carbocycles. The van der Waals surface area contributed by atoms with Gasteiger partial charge in [-0.2, -0.15) is 35.1 Å². The average molecular weight is 432 g/mol. The highest BCUT2D eigenvalue weighted by molar-refractivity contribution is 5.09. The Bertz CT molecular complexity index is 560. The van der Waals surface area contributed by atoms with E-state index in [2.05, 4.69) is 0 Å². The van der Waals surface area contributed by atoms with Crippen molar-refractivity contribution in [1.29, 1.82) is 0 Å². The summed E-state index contributed by atoms with van der Waals surface area (Å²) in [4.78, 5) is 0. The van der Waals surface area contributed by atoms with Crippen molar-refractivity contribution in [3.63, 3.8) is 0 Å². The number of hydrogen-bond acceptors (Lipinski definition) is 0. The van der Waals surface area contributed by atoms with Gasteiger partial charge < -0.3 is 0 Å². The third-order valence-corrected chi connectivity index (χ3v) is 6.45. The van der Waals surface area contributed by atoms with Crippen LogP contribution in [0.2, 0.25) is 0 Å². The normalized spacial score (nSPS) is 25.9. The highest BCUT2D eigenvalue weighted by Crippen LogP contribution is 2.47. The van der Waals surface area contributed by atoms with Gasteiger partial charge in [0.05, 0.1) is 0 Å². The van der Waals surface area contributed by atoms with E-state index in [4.69, 9.17) is 0 Å². The zero-order valence-corrected chi connectivity index (χ0v) is 16.3. The molecule has 1 atom stereocenters. The van der Waals surface area contributed by atoms with Gasteiger partial charge in [0.25, 0.3) is 0 Å². The van der Waals surface area contributed by atoms with Gasteiger partial charge in [0.15, 0.2) is 0 Å². The molecule has 0 aliphatic heterocycles. The van der Waals surface area contributed by atoms with E-state index in [0.717, 1.165) is 31.6 Å². The molecule has 0 radical (unpaired) electrons. The SMILES string of the molecule is FC(F)=C(F)C(F)(F)C(CC/C=C/C1CCC(C2CCCCC2)CC1)C(F)(F)F. The van der Waals surface area contributed by atoms with E-state index in [9.17, 15) is 35.1 Å². The van der Waals surface area contributed by atoms with Crippen LogP contribution in [0.1, 0.15) is 70.6 Å². The fourth-order valence-electron chi connectivity index (χ4n) is 4.80. The highest BCUT2D eigenvalue weighted by Gasteiger charge is 2.58. The van der Waals surface area contributed by atoms with E-state index in [1.54, 1.807) is 6.08 Å². The summed E-state index contributed by atoms with van der Waals surface area (Å²) in [7, 11) is 0. The largest absolute Gasteiger partial charge is 0.398 e. The minimum absolute atomic E-state index is 0.194. The van der Waals surface area contributed by atoms with Gasteiger partial charge in [-0.05, 0) is 56.3 Å². The molecule has 0 heterocycles. The molecule has 0 spiro atoms. The molecule has 168 valence electrons. The summed E-state index contributed by atoms with van der Waals surface area (Å²) >= 11 is 0. The first kappa shape index (κ1) is 24.2. The van der Waals surface area contributed by atoms with E-state index >= 15 is 0 Å². The zero-order valence-electron chi connectivity index (χ0n) is 16.3. The Labute approximate surface area is 166 Å². The second-order valence-corrected chi connectivity index (χ2v) is 8.37. The third kappa shape index (κ3) is 6.71. The van der Waals surface area contributed by atoms with Crippen LogP contribution < -0.4 is 0 Å². The van der Waals surface area contributed by atoms with Crippen LogP contribution >= 0.6 is 0 Å². The number of alkyl halides is 5. The Kier molecular flexibility index (Phi) is 8.59. The summed E-state index contributed by atoms with van der Waals surface area (Å²) in [6.07, 6.45) is 3.06. The van der Waals surface area contributed by atoms with E-state index in [1.165, 1.54) is 38.2 Å². The second kappa shape index (κ2) is 10.3. The lowest BCUT2D eigenvalue weighted by atomic mass is 9.71. The van der Waals surface area contributed by atoms with Gasteiger partial charge in [-0.15, -0.1) is 0 Å². The molecule has 0 nitrogen and oxygen atoms in total. The smallest absolute Gasteiger partial charge is 0.199 e. The van der Waals surface area contributed by atoms with Crippen LogP contribution in [0.3, 0.4) is 0 Å². The molecule has 0 aromatic heterocycles. The Hall–Kier alpha value is -1.08. The lowest BCUT2D eigenvalue weighted by molar-refractivity contribution is -0.236. The minimum Gasteiger partial charge on any atom is -0.199 e. The molecule has 2 rings (SSSR count). The van der Waals surface area contributed by atoms with Gasteiger partial charge in [0, 0.05) is 0 Å². The van der Waals surface area contributed by atoms with Gasteiger partial charge in [-0.1, -0.05) is 44.3 Å². The molecule has 0 saturated heterocycles. The van der Waals surface area contributed by atoms with Crippen molar-refractivity contribution in [2.24, 2.45) is 23.7 Å². The van der Waals surface area contributed by atoms with Gasteiger partial charge in [-0.3, -0.25) is 0 Å². The van der Waals surface area contributed by atoms with Crippen LogP contribution in [-0.4, -0.2) is 12.1 Å². The molecule has 1 unspecified atom stereocenters. The van der Waals surface area contributed by atoms with Crippen LogP contribution in [0.15, 0.2) is 24.1 Å². The molecular formula is C21H28F8. The van der Waals surface area contributed by atoms with Crippen molar-refractivity contribution >= 4 is 0 Å². The van der Waals surface area contributed by atoms with Crippen molar-refractivity contribution in [1.82, 2.24) is 0 Å². The minimum atomic E-state index is -5.48. The molecule has 29 heavy (non-hydrogen) atoms. The molecule has 0 N–H and O–H groups in total. The molecular weight excluding hydrogens is 404 g/mol. The number of halogens is 8. The third-order valence-electron chi connectivity index (χ3n) is 6.45. The molecule has 2 saturated carbocycles. The summed E-state index contributed by atoms with van der Waals surface area (Å²) in [6.45, 7) is 0. The maximum Gasteiger partial charge on any atom is 0.398 e. The van der Waals surface area contributed by atoms with Crippen LogP contribution in [-0.2, 0) is 0 Å². The number of rotatable bonds is 7. The predicted molar refractivity (Wildman–Crippen MR) is 95.2 cm³/mol. The number of allylic oxidation sites excluding steroid dienone is 3.